The number of carbonyl (C=O) groups is 2. The van der Waals surface area contributed by atoms with Crippen LogP contribution in [0.15, 0.2) is 97.1 Å². The molecule has 0 unspecified atom stereocenters. The van der Waals surface area contributed by atoms with Crippen molar-refractivity contribution in [2.75, 3.05) is 0 Å². The third-order valence-electron chi connectivity index (χ3n) is 5.29. The zero-order chi connectivity index (χ0) is 24.2. The highest BCUT2D eigenvalue weighted by Crippen LogP contribution is 2.18. The Morgan fingerprint density at radius 1 is 0.588 bits per heavy atom. The van der Waals surface area contributed by atoms with Gasteiger partial charge < -0.3 is 9.47 Å². The molecule has 0 bridgehead atoms. The number of allylic oxidation sites excluding steroid dienone is 4. The average molecular weight is 455 g/mol. The Kier molecular flexibility index (Phi) is 9.41. The van der Waals surface area contributed by atoms with Gasteiger partial charge in [-0.2, -0.15) is 0 Å². The third-order valence-corrected chi connectivity index (χ3v) is 5.29. The molecule has 174 valence electrons. The van der Waals surface area contributed by atoms with Gasteiger partial charge in [0.1, 0.15) is 11.5 Å². The third kappa shape index (κ3) is 7.59. The SMILES string of the molecule is C/C=C/CCc1ccc(OC(=O)c2ccc(OC(=O)c3ccc(CC/C=C/C)cc3)cc2)cc1. The van der Waals surface area contributed by atoms with Crippen LogP contribution in [0, 0.1) is 0 Å². The van der Waals surface area contributed by atoms with Crippen molar-refractivity contribution in [2.24, 2.45) is 0 Å². The smallest absolute Gasteiger partial charge is 0.343 e. The Hall–Kier alpha value is -3.92. The molecule has 0 fully saturated rings. The van der Waals surface area contributed by atoms with Crippen LogP contribution < -0.4 is 9.47 Å². The molecule has 0 N–H and O–H groups in total. The van der Waals surface area contributed by atoms with E-state index >= 15 is 0 Å². The molecule has 0 aliphatic rings. The van der Waals surface area contributed by atoms with E-state index in [1.54, 1.807) is 48.5 Å². The minimum absolute atomic E-state index is 0.365. The molecule has 0 amide bonds. The molecular formula is C30H30O4. The van der Waals surface area contributed by atoms with Crippen molar-refractivity contribution in [3.05, 3.63) is 119 Å². The van der Waals surface area contributed by atoms with Gasteiger partial charge in [-0.05, 0) is 99.2 Å². The van der Waals surface area contributed by atoms with Crippen LogP contribution in [0.2, 0.25) is 0 Å². The van der Waals surface area contributed by atoms with Gasteiger partial charge in [0, 0.05) is 0 Å². The predicted octanol–water partition coefficient (Wildman–Crippen LogP) is 7.14. The maximum atomic E-state index is 12.4. The van der Waals surface area contributed by atoms with Gasteiger partial charge in [-0.15, -0.1) is 0 Å². The summed E-state index contributed by atoms with van der Waals surface area (Å²) in [5.74, 6) is -0.0495. The largest absolute Gasteiger partial charge is 0.423 e. The summed E-state index contributed by atoms with van der Waals surface area (Å²) in [6.45, 7) is 4.01. The summed E-state index contributed by atoms with van der Waals surface area (Å²) < 4.78 is 10.9. The molecule has 4 nitrogen and oxygen atoms in total. The van der Waals surface area contributed by atoms with Crippen molar-refractivity contribution < 1.29 is 19.1 Å². The van der Waals surface area contributed by atoms with Crippen LogP contribution in [0.4, 0.5) is 0 Å². The molecule has 3 rings (SSSR count). The van der Waals surface area contributed by atoms with Crippen LogP contribution in [0.3, 0.4) is 0 Å². The molecule has 0 saturated heterocycles. The monoisotopic (exact) mass is 454 g/mol. The van der Waals surface area contributed by atoms with Crippen LogP contribution in [0.25, 0.3) is 0 Å². The average Bonchev–Trinajstić information content (AvgIpc) is 2.86. The van der Waals surface area contributed by atoms with Crippen molar-refractivity contribution in [2.45, 2.75) is 39.5 Å². The van der Waals surface area contributed by atoms with E-state index in [2.05, 4.69) is 12.2 Å². The fraction of sp³-hybridized carbons (Fsp3) is 0.200. The maximum absolute atomic E-state index is 12.4. The van der Waals surface area contributed by atoms with Gasteiger partial charge in [0.2, 0.25) is 0 Å². The molecule has 0 spiro atoms. The number of esters is 2. The maximum Gasteiger partial charge on any atom is 0.343 e. The molecule has 34 heavy (non-hydrogen) atoms. The lowest BCUT2D eigenvalue weighted by Crippen LogP contribution is -2.10. The number of hydrogen-bond donors (Lipinski definition) is 0. The standard InChI is InChI=1S/C30H30O4/c1-3-5-7-9-23-11-15-25(16-12-23)29(31)34-28-21-17-26(18-22-28)30(32)33-27-19-13-24(14-20-27)10-8-6-4-2/h3-6,11-22H,7-10H2,1-2H3/b5-3+,6-4+. The number of rotatable bonds is 10. The zero-order valence-corrected chi connectivity index (χ0v) is 19.7. The molecule has 0 radical (unpaired) electrons. The lowest BCUT2D eigenvalue weighted by atomic mass is 10.1. The first-order valence-corrected chi connectivity index (χ1v) is 11.5. The highest BCUT2D eigenvalue weighted by Gasteiger charge is 2.12. The molecule has 0 aromatic heterocycles. The first-order valence-electron chi connectivity index (χ1n) is 11.5. The molecule has 3 aromatic carbocycles. The Morgan fingerprint density at radius 3 is 1.35 bits per heavy atom. The molecule has 0 saturated carbocycles. The topological polar surface area (TPSA) is 52.6 Å². The van der Waals surface area contributed by atoms with Crippen LogP contribution in [-0.4, -0.2) is 11.9 Å². The summed E-state index contributed by atoms with van der Waals surface area (Å²) in [6.07, 6.45) is 12.1. The molecule has 4 heteroatoms. The minimum atomic E-state index is -0.465. The zero-order valence-electron chi connectivity index (χ0n) is 19.7. The number of carbonyl (C=O) groups excluding carboxylic acids is 2. The Morgan fingerprint density at radius 2 is 0.941 bits per heavy atom. The van der Waals surface area contributed by atoms with Crippen LogP contribution in [0.5, 0.6) is 11.5 Å². The number of hydrogen-bond acceptors (Lipinski definition) is 4. The highest BCUT2D eigenvalue weighted by atomic mass is 16.5. The van der Waals surface area contributed by atoms with E-state index in [1.165, 1.54) is 11.1 Å². The quantitative estimate of drug-likeness (QED) is 0.186. The molecule has 0 heterocycles. The Balaban J connectivity index is 1.53. The number of benzene rings is 3. The van der Waals surface area contributed by atoms with Crippen LogP contribution >= 0.6 is 0 Å². The molecule has 0 aliphatic heterocycles. The van der Waals surface area contributed by atoms with Gasteiger partial charge in [0.25, 0.3) is 0 Å². The van der Waals surface area contributed by atoms with Gasteiger partial charge in [-0.25, -0.2) is 9.59 Å². The minimum Gasteiger partial charge on any atom is -0.423 e. The van der Waals surface area contributed by atoms with Crippen molar-refractivity contribution in [3.8, 4) is 11.5 Å². The van der Waals surface area contributed by atoms with Crippen molar-refractivity contribution in [1.82, 2.24) is 0 Å². The van der Waals surface area contributed by atoms with E-state index in [0.29, 0.717) is 22.6 Å². The Labute approximate surface area is 201 Å². The van der Waals surface area contributed by atoms with E-state index in [0.717, 1.165) is 25.7 Å². The molecule has 0 aliphatic carbocycles. The van der Waals surface area contributed by atoms with Gasteiger partial charge >= 0.3 is 11.9 Å². The highest BCUT2D eigenvalue weighted by molar-refractivity contribution is 5.92. The predicted molar refractivity (Wildman–Crippen MR) is 136 cm³/mol. The van der Waals surface area contributed by atoms with Crippen molar-refractivity contribution >= 4 is 11.9 Å². The fourth-order valence-corrected chi connectivity index (χ4v) is 3.36. The van der Waals surface area contributed by atoms with E-state index in [9.17, 15) is 9.59 Å². The van der Waals surface area contributed by atoms with Gasteiger partial charge in [0.15, 0.2) is 0 Å². The van der Waals surface area contributed by atoms with Crippen LogP contribution in [0.1, 0.15) is 58.5 Å². The summed E-state index contributed by atoms with van der Waals surface area (Å²) in [5, 5.41) is 0. The first-order chi connectivity index (χ1) is 16.6. The van der Waals surface area contributed by atoms with Gasteiger partial charge in [-0.3, -0.25) is 0 Å². The molecule has 0 atom stereocenters. The summed E-state index contributed by atoms with van der Waals surface area (Å²) in [5.41, 5.74) is 3.21. The van der Waals surface area contributed by atoms with E-state index in [4.69, 9.17) is 9.47 Å². The lowest BCUT2D eigenvalue weighted by Gasteiger charge is -2.08. The molecular weight excluding hydrogens is 424 g/mol. The van der Waals surface area contributed by atoms with E-state index < -0.39 is 11.9 Å². The van der Waals surface area contributed by atoms with Crippen molar-refractivity contribution in [1.29, 1.82) is 0 Å². The molecule has 3 aromatic rings. The van der Waals surface area contributed by atoms with Crippen LogP contribution in [-0.2, 0) is 12.8 Å². The second-order valence-corrected chi connectivity index (χ2v) is 7.86. The summed E-state index contributed by atoms with van der Waals surface area (Å²) >= 11 is 0. The van der Waals surface area contributed by atoms with E-state index in [1.807, 2.05) is 50.3 Å². The number of aryl methyl sites for hydroxylation is 2. The van der Waals surface area contributed by atoms with Crippen molar-refractivity contribution in [3.63, 3.8) is 0 Å². The number of ether oxygens (including phenoxy) is 2. The second kappa shape index (κ2) is 12.9. The fourth-order valence-electron chi connectivity index (χ4n) is 3.36. The second-order valence-electron chi connectivity index (χ2n) is 7.86. The van der Waals surface area contributed by atoms with Gasteiger partial charge in [-0.1, -0.05) is 48.6 Å². The Bertz CT molecular complexity index is 1120. The van der Waals surface area contributed by atoms with E-state index in [-0.39, 0.29) is 0 Å². The van der Waals surface area contributed by atoms with Gasteiger partial charge in [0.05, 0.1) is 11.1 Å². The summed E-state index contributed by atoms with van der Waals surface area (Å²) in [4.78, 5) is 24.9. The summed E-state index contributed by atoms with van der Waals surface area (Å²) in [6, 6.07) is 21.3. The lowest BCUT2D eigenvalue weighted by molar-refractivity contribution is 0.0730. The normalized spacial score (nSPS) is 11.1. The first kappa shape index (κ1) is 24.7. The summed E-state index contributed by atoms with van der Waals surface area (Å²) in [7, 11) is 0.